The summed E-state index contributed by atoms with van der Waals surface area (Å²) in [5.41, 5.74) is 0.364. The Bertz CT molecular complexity index is 298. The predicted molar refractivity (Wildman–Crippen MR) is 67.6 cm³/mol. The van der Waals surface area contributed by atoms with Crippen molar-refractivity contribution in [2.24, 2.45) is 0 Å². The van der Waals surface area contributed by atoms with Crippen LogP contribution >= 0.6 is 0 Å². The highest BCUT2D eigenvalue weighted by Gasteiger charge is 2.10. The van der Waals surface area contributed by atoms with Crippen molar-refractivity contribution >= 4 is 5.97 Å². The van der Waals surface area contributed by atoms with Crippen LogP contribution in [0.3, 0.4) is 0 Å². The van der Waals surface area contributed by atoms with E-state index in [1.165, 1.54) is 0 Å². The Morgan fingerprint density at radius 2 is 1.72 bits per heavy atom. The van der Waals surface area contributed by atoms with E-state index in [2.05, 4.69) is 13.2 Å². The number of rotatable bonds is 9. The zero-order valence-corrected chi connectivity index (χ0v) is 11.5. The topological polar surface area (TPSA) is 54.0 Å². The number of hydrogen-bond acceptors (Lipinski definition) is 5. The molecular formula is C13H22O5. The quantitative estimate of drug-likeness (QED) is 0.209. The van der Waals surface area contributed by atoms with Crippen LogP contribution in [0.1, 0.15) is 27.7 Å². The summed E-state index contributed by atoms with van der Waals surface area (Å²) in [5.74, 6) is 0.149. The third-order valence-corrected chi connectivity index (χ3v) is 1.77. The highest BCUT2D eigenvalue weighted by Crippen LogP contribution is 2.05. The first-order valence-corrected chi connectivity index (χ1v) is 5.74. The average Bonchev–Trinajstić information content (AvgIpc) is 2.22. The maximum atomic E-state index is 11.0. The molecule has 0 aliphatic heterocycles. The second-order valence-corrected chi connectivity index (χ2v) is 3.88. The third kappa shape index (κ3) is 8.78. The molecule has 0 radical (unpaired) electrons. The van der Waals surface area contributed by atoms with Gasteiger partial charge in [0, 0.05) is 5.57 Å². The second kappa shape index (κ2) is 8.72. The lowest BCUT2D eigenvalue weighted by atomic mass is 10.4. The van der Waals surface area contributed by atoms with Gasteiger partial charge in [-0.15, -0.1) is 0 Å². The van der Waals surface area contributed by atoms with E-state index in [9.17, 15) is 4.79 Å². The molecule has 0 saturated carbocycles. The molecule has 0 aromatic rings. The molecule has 2 atom stereocenters. The molecule has 0 heterocycles. The molecule has 0 saturated heterocycles. The van der Waals surface area contributed by atoms with E-state index in [1.54, 1.807) is 27.7 Å². The van der Waals surface area contributed by atoms with Gasteiger partial charge in [0.1, 0.15) is 6.61 Å². The van der Waals surface area contributed by atoms with Gasteiger partial charge >= 0.3 is 5.97 Å². The molecule has 5 heteroatoms. The maximum absolute atomic E-state index is 11.0. The molecule has 0 aliphatic rings. The molecule has 0 aromatic carbocycles. The Balaban J connectivity index is 3.65. The molecule has 0 amide bonds. The van der Waals surface area contributed by atoms with Crippen LogP contribution in [0.15, 0.2) is 24.5 Å². The summed E-state index contributed by atoms with van der Waals surface area (Å²) in [7, 11) is 0. The van der Waals surface area contributed by atoms with Crippen LogP contribution in [0, 0.1) is 0 Å². The zero-order valence-electron chi connectivity index (χ0n) is 11.5. The number of esters is 1. The number of carbonyl (C=O) groups excluding carboxylic acids is 1. The minimum atomic E-state index is -0.456. The molecule has 5 nitrogen and oxygen atoms in total. The Kier molecular flexibility index (Phi) is 8.07. The largest absolute Gasteiger partial charge is 0.470 e. The van der Waals surface area contributed by atoms with Gasteiger partial charge in [0.2, 0.25) is 0 Å². The Hall–Kier alpha value is -1.33. The van der Waals surface area contributed by atoms with Crippen molar-refractivity contribution in [1.82, 2.24) is 0 Å². The van der Waals surface area contributed by atoms with E-state index in [0.29, 0.717) is 11.3 Å². The molecular weight excluding hydrogens is 236 g/mol. The lowest BCUT2D eigenvalue weighted by molar-refractivity contribution is -0.222. The summed E-state index contributed by atoms with van der Waals surface area (Å²) < 4.78 is 20.7. The summed E-state index contributed by atoms with van der Waals surface area (Å²) in [4.78, 5) is 11.0. The fraction of sp³-hybridized carbons (Fsp3) is 0.615. The molecule has 0 aromatic heterocycles. The normalized spacial score (nSPS) is 13.6. The fourth-order valence-electron chi connectivity index (χ4n) is 1.09. The number of carbonyl (C=O) groups is 1. The van der Waals surface area contributed by atoms with Crippen molar-refractivity contribution in [2.75, 3.05) is 13.2 Å². The molecule has 0 bridgehead atoms. The molecule has 104 valence electrons. The van der Waals surface area contributed by atoms with Crippen molar-refractivity contribution in [3.8, 4) is 0 Å². The lowest BCUT2D eigenvalue weighted by Crippen LogP contribution is -2.23. The number of allylic oxidation sites excluding steroid dienone is 1. The minimum absolute atomic E-state index is 0.162. The lowest BCUT2D eigenvalue weighted by Gasteiger charge is -2.20. The van der Waals surface area contributed by atoms with Crippen LogP contribution in [0.25, 0.3) is 0 Å². The predicted octanol–water partition coefficient (Wildman–Crippen LogP) is 2.38. The molecule has 0 rings (SSSR count). The van der Waals surface area contributed by atoms with E-state index >= 15 is 0 Å². The van der Waals surface area contributed by atoms with Crippen LogP contribution in [0.2, 0.25) is 0 Å². The van der Waals surface area contributed by atoms with Crippen LogP contribution in [-0.4, -0.2) is 31.8 Å². The second-order valence-electron chi connectivity index (χ2n) is 3.88. The molecule has 0 spiro atoms. The van der Waals surface area contributed by atoms with Gasteiger partial charge < -0.3 is 18.9 Å². The van der Waals surface area contributed by atoms with E-state index < -0.39 is 18.5 Å². The van der Waals surface area contributed by atoms with Gasteiger partial charge in [-0.05, 0) is 27.7 Å². The highest BCUT2D eigenvalue weighted by atomic mass is 16.8. The van der Waals surface area contributed by atoms with E-state index in [4.69, 9.17) is 18.9 Å². The van der Waals surface area contributed by atoms with Gasteiger partial charge in [0.05, 0.1) is 12.4 Å². The minimum Gasteiger partial charge on any atom is -0.470 e. The Labute approximate surface area is 108 Å². The van der Waals surface area contributed by atoms with Gasteiger partial charge in [0.25, 0.3) is 0 Å². The van der Waals surface area contributed by atoms with Crippen molar-refractivity contribution in [3.63, 3.8) is 0 Å². The molecule has 18 heavy (non-hydrogen) atoms. The van der Waals surface area contributed by atoms with E-state index in [0.717, 1.165) is 0 Å². The average molecular weight is 258 g/mol. The van der Waals surface area contributed by atoms with Gasteiger partial charge in [0.15, 0.2) is 12.6 Å². The SMILES string of the molecule is C=C(C)OC(C)OC(C)OCCOC(=O)C(=C)C. The Morgan fingerprint density at radius 3 is 2.22 bits per heavy atom. The van der Waals surface area contributed by atoms with Crippen LogP contribution in [0.5, 0.6) is 0 Å². The summed E-state index contributed by atoms with van der Waals surface area (Å²) in [6, 6.07) is 0. The summed E-state index contributed by atoms with van der Waals surface area (Å²) in [6.45, 7) is 14.3. The van der Waals surface area contributed by atoms with Gasteiger partial charge in [-0.3, -0.25) is 0 Å². The first kappa shape index (κ1) is 16.7. The summed E-state index contributed by atoms with van der Waals surface area (Å²) in [5, 5.41) is 0. The van der Waals surface area contributed by atoms with Gasteiger partial charge in [-0.25, -0.2) is 4.79 Å². The first-order valence-electron chi connectivity index (χ1n) is 5.74. The van der Waals surface area contributed by atoms with Crippen LogP contribution in [0.4, 0.5) is 0 Å². The monoisotopic (exact) mass is 258 g/mol. The Morgan fingerprint density at radius 1 is 1.11 bits per heavy atom. The first-order chi connectivity index (χ1) is 8.32. The van der Waals surface area contributed by atoms with Crippen LogP contribution in [-0.2, 0) is 23.7 Å². The summed E-state index contributed by atoms with van der Waals surface area (Å²) in [6.07, 6.45) is -0.890. The van der Waals surface area contributed by atoms with Gasteiger partial charge in [-0.2, -0.15) is 0 Å². The van der Waals surface area contributed by atoms with E-state index in [1.807, 2.05) is 0 Å². The molecule has 2 unspecified atom stereocenters. The zero-order chi connectivity index (χ0) is 14.1. The standard InChI is InChI=1S/C13H22O5/c1-9(2)13(14)16-8-7-15-11(5)18-12(6)17-10(3)4/h11-12H,1,3,7-8H2,2,4-6H3. The molecule has 0 aliphatic carbocycles. The highest BCUT2D eigenvalue weighted by molar-refractivity contribution is 5.86. The molecule has 0 fully saturated rings. The molecule has 0 N–H and O–H groups in total. The van der Waals surface area contributed by atoms with Crippen LogP contribution < -0.4 is 0 Å². The van der Waals surface area contributed by atoms with Gasteiger partial charge in [-0.1, -0.05) is 13.2 Å². The smallest absolute Gasteiger partial charge is 0.333 e. The fourth-order valence-corrected chi connectivity index (χ4v) is 1.09. The van der Waals surface area contributed by atoms with Crippen molar-refractivity contribution in [2.45, 2.75) is 40.3 Å². The summed E-state index contributed by atoms with van der Waals surface area (Å²) >= 11 is 0. The van der Waals surface area contributed by atoms with E-state index in [-0.39, 0.29) is 13.2 Å². The number of hydrogen-bond donors (Lipinski definition) is 0. The van der Waals surface area contributed by atoms with Crippen molar-refractivity contribution in [1.29, 1.82) is 0 Å². The third-order valence-electron chi connectivity index (χ3n) is 1.77. The number of ether oxygens (including phenoxy) is 4. The van der Waals surface area contributed by atoms with Crippen molar-refractivity contribution in [3.05, 3.63) is 24.5 Å². The maximum Gasteiger partial charge on any atom is 0.333 e. The van der Waals surface area contributed by atoms with Crippen molar-refractivity contribution < 1.29 is 23.7 Å².